The third-order valence-electron chi connectivity index (χ3n) is 5.13. The van der Waals surface area contributed by atoms with Crippen LogP contribution < -0.4 is 14.2 Å². The minimum absolute atomic E-state index is 0.0204. The first-order chi connectivity index (χ1) is 15.6. The van der Waals surface area contributed by atoms with Crippen molar-refractivity contribution in [2.24, 2.45) is 0 Å². The first-order valence-electron chi connectivity index (χ1n) is 9.87. The van der Waals surface area contributed by atoms with Gasteiger partial charge in [-0.1, -0.05) is 12.1 Å². The van der Waals surface area contributed by atoms with Crippen molar-refractivity contribution in [2.75, 3.05) is 47.0 Å². The Morgan fingerprint density at radius 1 is 0.939 bits per heavy atom. The number of ether oxygens (including phenoxy) is 3. The molecule has 0 aromatic heterocycles. The van der Waals surface area contributed by atoms with Gasteiger partial charge < -0.3 is 19.1 Å². The number of benzene rings is 2. The number of halogens is 3. The van der Waals surface area contributed by atoms with Gasteiger partial charge in [-0.15, -0.1) is 0 Å². The Morgan fingerprint density at radius 3 is 2.18 bits per heavy atom. The second-order valence-electron chi connectivity index (χ2n) is 7.08. The number of rotatable bonds is 7. The van der Waals surface area contributed by atoms with Crippen molar-refractivity contribution in [3.05, 3.63) is 48.0 Å². The quantitative estimate of drug-likeness (QED) is 0.596. The van der Waals surface area contributed by atoms with Gasteiger partial charge in [0.15, 0.2) is 18.1 Å². The molecular weight excluding hydrogens is 465 g/mol. The molecule has 0 spiro atoms. The van der Waals surface area contributed by atoms with Crippen LogP contribution in [0, 0.1) is 0 Å². The second-order valence-corrected chi connectivity index (χ2v) is 9.02. The summed E-state index contributed by atoms with van der Waals surface area (Å²) in [7, 11) is -1.01. The summed E-state index contributed by atoms with van der Waals surface area (Å²) < 4.78 is 81.7. The molecule has 12 heteroatoms. The molecule has 33 heavy (non-hydrogen) atoms. The summed E-state index contributed by atoms with van der Waals surface area (Å²) in [6, 6.07) is 8.88. The monoisotopic (exact) mass is 488 g/mol. The van der Waals surface area contributed by atoms with Crippen molar-refractivity contribution < 1.29 is 40.6 Å². The minimum Gasteiger partial charge on any atom is -0.493 e. The van der Waals surface area contributed by atoms with Crippen LogP contribution in [0.1, 0.15) is 5.56 Å². The van der Waals surface area contributed by atoms with Crippen molar-refractivity contribution >= 4 is 15.9 Å². The first-order valence-corrected chi connectivity index (χ1v) is 11.3. The first kappa shape index (κ1) is 24.6. The van der Waals surface area contributed by atoms with Crippen LogP contribution in [0.25, 0.3) is 0 Å². The molecule has 3 rings (SSSR count). The van der Waals surface area contributed by atoms with E-state index in [-0.39, 0.29) is 36.8 Å². The van der Waals surface area contributed by atoms with Crippen molar-refractivity contribution in [3.8, 4) is 17.2 Å². The summed E-state index contributed by atoms with van der Waals surface area (Å²) in [5, 5.41) is 0. The van der Waals surface area contributed by atoms with Crippen LogP contribution in [0.3, 0.4) is 0 Å². The van der Waals surface area contributed by atoms with E-state index < -0.39 is 40.0 Å². The average Bonchev–Trinajstić information content (AvgIpc) is 2.81. The lowest BCUT2D eigenvalue weighted by molar-refractivity contribution is -0.141. The van der Waals surface area contributed by atoms with Gasteiger partial charge in [-0.3, -0.25) is 4.79 Å². The fraction of sp³-hybridized carbons (Fsp3) is 0.381. The lowest BCUT2D eigenvalue weighted by Crippen LogP contribution is -2.51. The van der Waals surface area contributed by atoms with Gasteiger partial charge in [0.25, 0.3) is 5.91 Å². The zero-order valence-electron chi connectivity index (χ0n) is 18.0. The van der Waals surface area contributed by atoms with Crippen molar-refractivity contribution in [1.29, 1.82) is 0 Å². The van der Waals surface area contributed by atoms with Crippen molar-refractivity contribution in [3.63, 3.8) is 0 Å². The number of amides is 1. The number of piperazine rings is 1. The molecule has 1 heterocycles. The summed E-state index contributed by atoms with van der Waals surface area (Å²) >= 11 is 0. The number of methoxy groups -OCH3 is 2. The smallest absolute Gasteiger partial charge is 0.419 e. The molecule has 0 unspecified atom stereocenters. The topological polar surface area (TPSA) is 85.4 Å². The molecule has 1 aliphatic heterocycles. The third kappa shape index (κ3) is 5.50. The number of carbonyl (C=O) groups is 1. The molecule has 0 aliphatic carbocycles. The molecule has 1 saturated heterocycles. The van der Waals surface area contributed by atoms with E-state index >= 15 is 0 Å². The predicted octanol–water partition coefficient (Wildman–Crippen LogP) is 2.63. The molecule has 0 N–H and O–H groups in total. The van der Waals surface area contributed by atoms with Gasteiger partial charge in [0.1, 0.15) is 5.75 Å². The maximum absolute atomic E-state index is 13.1. The molecule has 8 nitrogen and oxygen atoms in total. The number of hydrogen-bond acceptors (Lipinski definition) is 6. The van der Waals surface area contributed by atoms with Crippen LogP contribution in [0.4, 0.5) is 13.2 Å². The van der Waals surface area contributed by atoms with Gasteiger partial charge in [0, 0.05) is 32.2 Å². The van der Waals surface area contributed by atoms with Crippen LogP contribution in [0.2, 0.25) is 0 Å². The highest BCUT2D eigenvalue weighted by Crippen LogP contribution is 2.36. The standard InChI is InChI=1S/C21H23F3N2O6S/c1-30-18-8-7-15(13-19(18)31-2)33(28,29)26-11-9-25(10-12-26)20(27)14-32-17-6-4-3-5-16(17)21(22,23)24/h3-8,13H,9-12,14H2,1-2H3. The van der Waals surface area contributed by atoms with Crippen LogP contribution in [0.15, 0.2) is 47.4 Å². The van der Waals surface area contributed by atoms with Crippen LogP contribution in [-0.2, 0) is 21.0 Å². The van der Waals surface area contributed by atoms with Gasteiger partial charge in [0.2, 0.25) is 10.0 Å². The van der Waals surface area contributed by atoms with Crippen LogP contribution >= 0.6 is 0 Å². The summed E-state index contributed by atoms with van der Waals surface area (Å²) in [4.78, 5) is 13.8. The fourth-order valence-electron chi connectivity index (χ4n) is 3.36. The highest BCUT2D eigenvalue weighted by Gasteiger charge is 2.35. The number of sulfonamides is 1. The van der Waals surface area contributed by atoms with E-state index in [9.17, 15) is 26.4 Å². The lowest BCUT2D eigenvalue weighted by Gasteiger charge is -2.34. The molecule has 1 aliphatic rings. The Labute approximate surface area is 189 Å². The number of hydrogen-bond donors (Lipinski definition) is 0. The predicted molar refractivity (Wildman–Crippen MR) is 112 cm³/mol. The Hall–Kier alpha value is -2.99. The summed E-state index contributed by atoms with van der Waals surface area (Å²) in [6.07, 6.45) is -4.61. The Balaban J connectivity index is 1.61. The maximum Gasteiger partial charge on any atom is 0.419 e. The Morgan fingerprint density at radius 2 is 1.58 bits per heavy atom. The van der Waals surface area contributed by atoms with E-state index in [4.69, 9.17) is 14.2 Å². The highest BCUT2D eigenvalue weighted by molar-refractivity contribution is 7.89. The average molecular weight is 488 g/mol. The molecule has 2 aromatic carbocycles. The molecule has 0 bridgehead atoms. The Bertz CT molecular complexity index is 1100. The summed E-state index contributed by atoms with van der Waals surface area (Å²) in [6.45, 7) is -0.371. The van der Waals surface area contributed by atoms with E-state index in [1.54, 1.807) is 0 Å². The van der Waals surface area contributed by atoms with Crippen molar-refractivity contribution in [1.82, 2.24) is 9.21 Å². The van der Waals surface area contributed by atoms with Gasteiger partial charge in [-0.2, -0.15) is 17.5 Å². The highest BCUT2D eigenvalue weighted by atomic mass is 32.2. The Kier molecular flexibility index (Phi) is 7.38. The molecule has 2 aromatic rings. The molecule has 0 saturated carbocycles. The van der Waals surface area contributed by atoms with E-state index in [1.807, 2.05) is 0 Å². The van der Waals surface area contributed by atoms with E-state index in [2.05, 4.69) is 0 Å². The van der Waals surface area contributed by atoms with Gasteiger partial charge in [-0.05, 0) is 24.3 Å². The second kappa shape index (κ2) is 9.87. The van der Waals surface area contributed by atoms with E-state index in [1.165, 1.54) is 53.8 Å². The summed E-state index contributed by atoms with van der Waals surface area (Å²) in [5.41, 5.74) is -0.969. The number of nitrogens with zero attached hydrogens (tertiary/aromatic N) is 2. The third-order valence-corrected chi connectivity index (χ3v) is 7.02. The van der Waals surface area contributed by atoms with E-state index in [0.717, 1.165) is 12.1 Å². The number of alkyl halides is 3. The number of carbonyl (C=O) groups excluding carboxylic acids is 1. The minimum atomic E-state index is -4.61. The van der Waals surface area contributed by atoms with E-state index in [0.29, 0.717) is 5.75 Å². The van der Waals surface area contributed by atoms with Gasteiger partial charge in [-0.25, -0.2) is 8.42 Å². The zero-order chi connectivity index (χ0) is 24.2. The SMILES string of the molecule is COc1ccc(S(=O)(=O)N2CCN(C(=O)COc3ccccc3C(F)(F)F)CC2)cc1OC. The fourth-order valence-corrected chi connectivity index (χ4v) is 4.80. The summed E-state index contributed by atoms with van der Waals surface area (Å²) in [5.74, 6) is -0.314. The normalized spacial score (nSPS) is 15.2. The molecule has 0 atom stereocenters. The van der Waals surface area contributed by atoms with Gasteiger partial charge >= 0.3 is 6.18 Å². The van der Waals surface area contributed by atoms with Gasteiger partial charge in [0.05, 0.1) is 24.7 Å². The van der Waals surface area contributed by atoms with Crippen LogP contribution in [0.5, 0.6) is 17.2 Å². The van der Waals surface area contributed by atoms with Crippen molar-refractivity contribution in [2.45, 2.75) is 11.1 Å². The van der Waals surface area contributed by atoms with Crippen LogP contribution in [-0.4, -0.2) is 70.5 Å². The zero-order valence-corrected chi connectivity index (χ0v) is 18.8. The largest absolute Gasteiger partial charge is 0.493 e. The lowest BCUT2D eigenvalue weighted by atomic mass is 10.2. The molecular formula is C21H23F3N2O6S. The maximum atomic E-state index is 13.1. The molecule has 180 valence electrons. The molecule has 1 fully saturated rings. The molecule has 1 amide bonds. The molecule has 0 radical (unpaired) electrons. The number of para-hydroxylation sites is 1.